The normalized spacial score (nSPS) is 9.75. The average molecular weight is 213 g/mol. The minimum absolute atomic E-state index is 0.0441. The molecule has 1 N–H and O–H groups in total. The first-order valence-electron chi connectivity index (χ1n) is 4.93. The zero-order valence-corrected chi connectivity index (χ0v) is 8.63. The molecule has 2 heterocycles. The number of rotatable bonds is 3. The maximum absolute atomic E-state index is 11.6. The van der Waals surface area contributed by atoms with Crippen LogP contribution in [0.25, 0.3) is 0 Å². The van der Waals surface area contributed by atoms with E-state index >= 15 is 0 Å². The second kappa shape index (κ2) is 5.02. The number of anilines is 1. The molecule has 0 fully saturated rings. The lowest BCUT2D eigenvalue weighted by molar-refractivity contribution is -0.115. The number of aromatic nitrogens is 2. The number of hydrogen-bond donors (Lipinski definition) is 1. The Balaban J connectivity index is 1.95. The molecular weight excluding hydrogens is 202 g/mol. The lowest BCUT2D eigenvalue weighted by atomic mass is 10.2. The van der Waals surface area contributed by atoms with Crippen LogP contribution in [0.2, 0.25) is 0 Å². The SMILES string of the molecule is O=C(Cc1ccncc1)Nc1ccncc1. The van der Waals surface area contributed by atoms with Gasteiger partial charge in [0.2, 0.25) is 5.91 Å². The fourth-order valence-electron chi connectivity index (χ4n) is 1.33. The summed E-state index contributed by atoms with van der Waals surface area (Å²) in [5.41, 5.74) is 1.70. The van der Waals surface area contributed by atoms with Crippen molar-refractivity contribution in [3.8, 4) is 0 Å². The molecule has 0 bridgehead atoms. The van der Waals surface area contributed by atoms with Gasteiger partial charge in [-0.15, -0.1) is 0 Å². The molecule has 2 aromatic heterocycles. The Bertz CT molecular complexity index is 413. The standard InChI is InChI=1S/C12H11N3O/c16-12(9-10-1-5-13-6-2-10)15-11-3-7-14-8-4-11/h1-8H,9H2,(H,14,15,16). The van der Waals surface area contributed by atoms with Crippen molar-refractivity contribution in [1.29, 1.82) is 0 Å². The van der Waals surface area contributed by atoms with Crippen LogP contribution in [0.3, 0.4) is 0 Å². The van der Waals surface area contributed by atoms with E-state index in [0.717, 1.165) is 11.3 Å². The predicted molar refractivity (Wildman–Crippen MR) is 60.8 cm³/mol. The first-order chi connectivity index (χ1) is 7.84. The van der Waals surface area contributed by atoms with Gasteiger partial charge in [0, 0.05) is 30.5 Å². The van der Waals surface area contributed by atoms with E-state index in [1.807, 2.05) is 12.1 Å². The third-order valence-electron chi connectivity index (χ3n) is 2.08. The monoisotopic (exact) mass is 213 g/mol. The molecule has 0 aliphatic rings. The summed E-state index contributed by atoms with van der Waals surface area (Å²) in [6.07, 6.45) is 6.99. The molecule has 0 atom stereocenters. The Morgan fingerprint density at radius 1 is 1.00 bits per heavy atom. The van der Waals surface area contributed by atoms with Gasteiger partial charge in [-0.3, -0.25) is 14.8 Å². The van der Waals surface area contributed by atoms with Crippen molar-refractivity contribution in [2.45, 2.75) is 6.42 Å². The molecule has 0 radical (unpaired) electrons. The minimum atomic E-state index is -0.0441. The Morgan fingerprint density at radius 3 is 2.19 bits per heavy atom. The van der Waals surface area contributed by atoms with Gasteiger partial charge in [0.25, 0.3) is 0 Å². The highest BCUT2D eigenvalue weighted by Gasteiger charge is 2.02. The van der Waals surface area contributed by atoms with E-state index in [1.54, 1.807) is 36.9 Å². The van der Waals surface area contributed by atoms with E-state index in [-0.39, 0.29) is 5.91 Å². The van der Waals surface area contributed by atoms with E-state index in [2.05, 4.69) is 15.3 Å². The van der Waals surface area contributed by atoms with Crippen molar-refractivity contribution in [1.82, 2.24) is 9.97 Å². The van der Waals surface area contributed by atoms with Gasteiger partial charge in [0.15, 0.2) is 0 Å². The Labute approximate surface area is 93.4 Å². The Morgan fingerprint density at radius 2 is 1.56 bits per heavy atom. The van der Waals surface area contributed by atoms with Crippen LogP contribution < -0.4 is 5.32 Å². The zero-order valence-electron chi connectivity index (χ0n) is 8.63. The van der Waals surface area contributed by atoms with Crippen molar-refractivity contribution in [2.75, 3.05) is 5.32 Å². The van der Waals surface area contributed by atoms with E-state index in [4.69, 9.17) is 0 Å². The molecule has 16 heavy (non-hydrogen) atoms. The number of carbonyl (C=O) groups excluding carboxylic acids is 1. The maximum atomic E-state index is 11.6. The van der Waals surface area contributed by atoms with Crippen molar-refractivity contribution in [2.24, 2.45) is 0 Å². The number of amides is 1. The molecule has 4 nitrogen and oxygen atoms in total. The highest BCUT2D eigenvalue weighted by molar-refractivity contribution is 5.92. The molecule has 0 saturated heterocycles. The molecular formula is C12H11N3O. The molecule has 0 aliphatic carbocycles. The number of nitrogens with zero attached hydrogens (tertiary/aromatic N) is 2. The van der Waals surface area contributed by atoms with E-state index < -0.39 is 0 Å². The van der Waals surface area contributed by atoms with Crippen LogP contribution in [0.1, 0.15) is 5.56 Å². The number of nitrogens with one attached hydrogen (secondary N) is 1. The van der Waals surface area contributed by atoms with Gasteiger partial charge in [-0.1, -0.05) is 0 Å². The second-order valence-corrected chi connectivity index (χ2v) is 3.32. The fourth-order valence-corrected chi connectivity index (χ4v) is 1.33. The molecule has 0 aliphatic heterocycles. The fraction of sp³-hybridized carbons (Fsp3) is 0.0833. The summed E-state index contributed by atoms with van der Waals surface area (Å²) < 4.78 is 0. The molecule has 0 unspecified atom stereocenters. The van der Waals surface area contributed by atoms with E-state index in [9.17, 15) is 4.79 Å². The first-order valence-corrected chi connectivity index (χ1v) is 4.93. The molecule has 2 rings (SSSR count). The highest BCUT2D eigenvalue weighted by atomic mass is 16.1. The van der Waals surface area contributed by atoms with Crippen LogP contribution >= 0.6 is 0 Å². The largest absolute Gasteiger partial charge is 0.326 e. The Hall–Kier alpha value is -2.23. The van der Waals surface area contributed by atoms with Crippen LogP contribution in [0.4, 0.5) is 5.69 Å². The van der Waals surface area contributed by atoms with Crippen LogP contribution in [0.15, 0.2) is 49.1 Å². The summed E-state index contributed by atoms with van der Waals surface area (Å²) >= 11 is 0. The van der Waals surface area contributed by atoms with Crippen molar-refractivity contribution in [3.63, 3.8) is 0 Å². The van der Waals surface area contributed by atoms with Crippen molar-refractivity contribution >= 4 is 11.6 Å². The minimum Gasteiger partial charge on any atom is -0.326 e. The summed E-state index contributed by atoms with van der Waals surface area (Å²) in [5, 5.41) is 2.79. The summed E-state index contributed by atoms with van der Waals surface area (Å²) in [7, 11) is 0. The highest BCUT2D eigenvalue weighted by Crippen LogP contribution is 2.05. The molecule has 2 aromatic rings. The van der Waals surface area contributed by atoms with Gasteiger partial charge in [-0.2, -0.15) is 0 Å². The van der Waals surface area contributed by atoms with Gasteiger partial charge in [-0.25, -0.2) is 0 Å². The lowest BCUT2D eigenvalue weighted by Gasteiger charge is -2.04. The molecule has 80 valence electrons. The van der Waals surface area contributed by atoms with Crippen molar-refractivity contribution in [3.05, 3.63) is 54.6 Å². The predicted octanol–water partition coefficient (Wildman–Crippen LogP) is 1.66. The van der Waals surface area contributed by atoms with Gasteiger partial charge < -0.3 is 5.32 Å². The summed E-state index contributed by atoms with van der Waals surface area (Å²) in [6, 6.07) is 7.16. The first kappa shape index (κ1) is 10.3. The summed E-state index contributed by atoms with van der Waals surface area (Å²) in [4.78, 5) is 19.4. The molecule has 0 aromatic carbocycles. The Kier molecular flexibility index (Phi) is 3.23. The van der Waals surface area contributed by atoms with Crippen LogP contribution in [0.5, 0.6) is 0 Å². The number of pyridine rings is 2. The van der Waals surface area contributed by atoms with Gasteiger partial charge in [0.05, 0.1) is 6.42 Å². The molecule has 4 heteroatoms. The average Bonchev–Trinajstić information content (AvgIpc) is 2.31. The third-order valence-corrected chi connectivity index (χ3v) is 2.08. The lowest BCUT2D eigenvalue weighted by Crippen LogP contribution is -2.14. The van der Waals surface area contributed by atoms with Gasteiger partial charge >= 0.3 is 0 Å². The van der Waals surface area contributed by atoms with E-state index in [1.165, 1.54) is 0 Å². The van der Waals surface area contributed by atoms with Gasteiger partial charge in [-0.05, 0) is 29.8 Å². The van der Waals surface area contributed by atoms with Gasteiger partial charge in [0.1, 0.15) is 0 Å². The molecule has 1 amide bonds. The quantitative estimate of drug-likeness (QED) is 0.843. The summed E-state index contributed by atoms with van der Waals surface area (Å²) in [5.74, 6) is -0.0441. The van der Waals surface area contributed by atoms with Crippen LogP contribution in [0, 0.1) is 0 Å². The molecule has 0 saturated carbocycles. The zero-order chi connectivity index (χ0) is 11.2. The summed E-state index contributed by atoms with van der Waals surface area (Å²) in [6.45, 7) is 0. The topological polar surface area (TPSA) is 54.9 Å². The number of hydrogen-bond acceptors (Lipinski definition) is 3. The van der Waals surface area contributed by atoms with Crippen LogP contribution in [-0.4, -0.2) is 15.9 Å². The second-order valence-electron chi connectivity index (χ2n) is 3.32. The van der Waals surface area contributed by atoms with Crippen LogP contribution in [-0.2, 0) is 11.2 Å². The number of carbonyl (C=O) groups is 1. The van der Waals surface area contributed by atoms with E-state index in [0.29, 0.717) is 6.42 Å². The maximum Gasteiger partial charge on any atom is 0.228 e. The van der Waals surface area contributed by atoms with Crippen molar-refractivity contribution < 1.29 is 4.79 Å². The molecule has 0 spiro atoms. The smallest absolute Gasteiger partial charge is 0.228 e. The third kappa shape index (κ3) is 2.88.